The third kappa shape index (κ3) is 4.98. The largest absolute Gasteiger partial charge is 0.490 e. The number of benzene rings is 3. The molecule has 0 aliphatic carbocycles. The summed E-state index contributed by atoms with van der Waals surface area (Å²) < 4.78 is 26.3. The van der Waals surface area contributed by atoms with Crippen LogP contribution in [-0.4, -0.2) is 18.2 Å². The highest BCUT2D eigenvalue weighted by atomic mass is 79.9. The van der Waals surface area contributed by atoms with Crippen LogP contribution in [0.1, 0.15) is 25.0 Å². The van der Waals surface area contributed by atoms with E-state index in [0.717, 1.165) is 5.56 Å². The van der Waals surface area contributed by atoms with Gasteiger partial charge in [0.1, 0.15) is 12.4 Å². The zero-order valence-corrected chi connectivity index (χ0v) is 19.8. The topological polar surface area (TPSA) is 51.1 Å². The molecule has 0 spiro atoms. The first-order valence-corrected chi connectivity index (χ1v) is 11.3. The van der Waals surface area contributed by atoms with Gasteiger partial charge in [0.05, 0.1) is 28.1 Å². The van der Waals surface area contributed by atoms with Gasteiger partial charge in [-0.3, -0.25) is 4.79 Å². The Morgan fingerprint density at radius 3 is 2.52 bits per heavy atom. The van der Waals surface area contributed by atoms with Gasteiger partial charge in [0, 0.05) is 5.56 Å². The second-order valence-corrected chi connectivity index (χ2v) is 8.19. The second kappa shape index (κ2) is 10.0. The molecule has 1 heterocycles. The van der Waals surface area contributed by atoms with Crippen molar-refractivity contribution in [3.05, 3.63) is 93.7 Å². The Hall–Kier alpha value is -3.45. The first kappa shape index (κ1) is 22.7. The number of para-hydroxylation sites is 1. The Morgan fingerprint density at radius 2 is 1.79 bits per heavy atom. The Kier molecular flexibility index (Phi) is 6.89. The monoisotopic (exact) mass is 508 g/mol. The summed E-state index contributed by atoms with van der Waals surface area (Å²) in [6.07, 6.45) is 1.78. The maximum absolute atomic E-state index is 14.0. The average molecular weight is 509 g/mol. The lowest BCUT2D eigenvalue weighted by atomic mass is 10.1. The van der Waals surface area contributed by atoms with Crippen molar-refractivity contribution < 1.29 is 18.7 Å². The summed E-state index contributed by atoms with van der Waals surface area (Å²) in [6, 6.07) is 19.4. The summed E-state index contributed by atoms with van der Waals surface area (Å²) in [4.78, 5) is 13.0. The van der Waals surface area contributed by atoms with Crippen LogP contribution in [0.25, 0.3) is 6.08 Å². The van der Waals surface area contributed by atoms with Crippen LogP contribution in [0.5, 0.6) is 11.5 Å². The van der Waals surface area contributed by atoms with Crippen LogP contribution in [0.4, 0.5) is 10.1 Å². The number of anilines is 1. The molecule has 7 heteroatoms. The van der Waals surface area contributed by atoms with Crippen LogP contribution in [0.3, 0.4) is 0 Å². The quantitative estimate of drug-likeness (QED) is 0.348. The zero-order chi connectivity index (χ0) is 23.4. The number of hydrazone groups is 1. The fourth-order valence-electron chi connectivity index (χ4n) is 3.43. The van der Waals surface area contributed by atoms with E-state index in [1.165, 1.54) is 11.1 Å². The summed E-state index contributed by atoms with van der Waals surface area (Å²) >= 11 is 3.53. The molecule has 0 fully saturated rings. The maximum atomic E-state index is 14.0. The minimum absolute atomic E-state index is 0.0576. The van der Waals surface area contributed by atoms with E-state index in [1.54, 1.807) is 37.3 Å². The number of rotatable bonds is 7. The Morgan fingerprint density at radius 1 is 1.06 bits per heavy atom. The van der Waals surface area contributed by atoms with E-state index in [0.29, 0.717) is 45.1 Å². The molecule has 1 aliphatic rings. The minimum Gasteiger partial charge on any atom is -0.490 e. The van der Waals surface area contributed by atoms with E-state index in [1.807, 2.05) is 43.3 Å². The van der Waals surface area contributed by atoms with Gasteiger partial charge in [0.2, 0.25) is 0 Å². The van der Waals surface area contributed by atoms with Crippen LogP contribution in [0.15, 0.2) is 81.9 Å². The Bertz CT molecular complexity index is 1240. The lowest BCUT2D eigenvalue weighted by Gasteiger charge is -2.15. The highest BCUT2D eigenvalue weighted by Gasteiger charge is 2.28. The van der Waals surface area contributed by atoms with Gasteiger partial charge in [-0.25, -0.2) is 4.39 Å². The van der Waals surface area contributed by atoms with E-state index in [-0.39, 0.29) is 18.3 Å². The second-order valence-electron chi connectivity index (χ2n) is 7.34. The van der Waals surface area contributed by atoms with Crippen LogP contribution < -0.4 is 14.5 Å². The van der Waals surface area contributed by atoms with Crippen molar-refractivity contribution in [3.63, 3.8) is 0 Å². The van der Waals surface area contributed by atoms with Crippen molar-refractivity contribution in [1.82, 2.24) is 0 Å². The lowest BCUT2D eigenvalue weighted by Crippen LogP contribution is -2.21. The van der Waals surface area contributed by atoms with Gasteiger partial charge in [-0.2, -0.15) is 10.1 Å². The van der Waals surface area contributed by atoms with E-state index >= 15 is 0 Å². The smallest absolute Gasteiger partial charge is 0.280 e. The molecular weight excluding hydrogens is 487 g/mol. The molecule has 1 amide bonds. The molecular formula is C26H22BrFN2O3. The standard InChI is InChI=1S/C26H22BrFN2O3/c1-3-32-24-15-18(14-22(27)25(24)33-16-19-9-7-8-12-23(19)28)13-21-17(2)29-30(26(21)31)20-10-5-4-6-11-20/h4-15H,3,16H2,1-2H3. The number of hydrogen-bond donors (Lipinski definition) is 0. The van der Waals surface area contributed by atoms with Gasteiger partial charge in [0.25, 0.3) is 5.91 Å². The van der Waals surface area contributed by atoms with Crippen molar-refractivity contribution >= 4 is 39.3 Å². The van der Waals surface area contributed by atoms with Gasteiger partial charge < -0.3 is 9.47 Å². The van der Waals surface area contributed by atoms with E-state index < -0.39 is 0 Å². The summed E-state index contributed by atoms with van der Waals surface area (Å²) in [5.74, 6) is 0.435. The lowest BCUT2D eigenvalue weighted by molar-refractivity contribution is -0.114. The fraction of sp³-hybridized carbons (Fsp3) is 0.154. The highest BCUT2D eigenvalue weighted by Crippen LogP contribution is 2.38. The zero-order valence-electron chi connectivity index (χ0n) is 18.2. The molecule has 1 aliphatic heterocycles. The molecule has 33 heavy (non-hydrogen) atoms. The van der Waals surface area contributed by atoms with Gasteiger partial charge in [-0.1, -0.05) is 36.4 Å². The van der Waals surface area contributed by atoms with Crippen molar-refractivity contribution in [3.8, 4) is 11.5 Å². The van der Waals surface area contributed by atoms with Crippen LogP contribution in [0, 0.1) is 5.82 Å². The molecule has 0 bridgehead atoms. The molecule has 3 aromatic rings. The molecule has 0 atom stereocenters. The molecule has 5 nitrogen and oxygen atoms in total. The molecule has 0 N–H and O–H groups in total. The van der Waals surface area contributed by atoms with Crippen molar-refractivity contribution in [2.24, 2.45) is 5.10 Å². The van der Waals surface area contributed by atoms with Crippen molar-refractivity contribution in [2.45, 2.75) is 20.5 Å². The highest BCUT2D eigenvalue weighted by molar-refractivity contribution is 9.10. The number of ether oxygens (including phenoxy) is 2. The van der Waals surface area contributed by atoms with Crippen molar-refractivity contribution in [2.75, 3.05) is 11.6 Å². The number of nitrogens with zero attached hydrogens (tertiary/aromatic N) is 2. The SMILES string of the molecule is CCOc1cc(C=C2C(=O)N(c3ccccc3)N=C2C)cc(Br)c1OCc1ccccc1F. The molecule has 0 saturated carbocycles. The molecule has 0 aromatic heterocycles. The van der Waals surface area contributed by atoms with Crippen LogP contribution in [0.2, 0.25) is 0 Å². The molecule has 0 saturated heterocycles. The van der Waals surface area contributed by atoms with Gasteiger partial charge in [-0.15, -0.1) is 0 Å². The van der Waals surface area contributed by atoms with Crippen molar-refractivity contribution in [1.29, 1.82) is 0 Å². The van der Waals surface area contributed by atoms with E-state index in [9.17, 15) is 9.18 Å². The third-order valence-corrected chi connectivity index (χ3v) is 5.62. The predicted molar refractivity (Wildman–Crippen MR) is 131 cm³/mol. The minimum atomic E-state index is -0.328. The Labute approximate surface area is 200 Å². The van der Waals surface area contributed by atoms with Gasteiger partial charge >= 0.3 is 0 Å². The van der Waals surface area contributed by atoms with Crippen LogP contribution in [-0.2, 0) is 11.4 Å². The number of hydrogen-bond acceptors (Lipinski definition) is 4. The summed E-state index contributed by atoms with van der Waals surface area (Å²) in [6.45, 7) is 4.15. The molecule has 4 rings (SSSR count). The van der Waals surface area contributed by atoms with E-state index in [2.05, 4.69) is 21.0 Å². The third-order valence-electron chi connectivity index (χ3n) is 5.04. The van der Waals surface area contributed by atoms with Gasteiger partial charge in [-0.05, 0) is 71.7 Å². The maximum Gasteiger partial charge on any atom is 0.280 e. The average Bonchev–Trinajstić information content (AvgIpc) is 3.09. The summed E-state index contributed by atoms with van der Waals surface area (Å²) in [5.41, 5.74) is 3.02. The van der Waals surface area contributed by atoms with E-state index in [4.69, 9.17) is 9.47 Å². The normalized spacial score (nSPS) is 14.5. The van der Waals surface area contributed by atoms with Gasteiger partial charge in [0.15, 0.2) is 11.5 Å². The van der Waals surface area contributed by atoms with Crippen LogP contribution >= 0.6 is 15.9 Å². The number of halogens is 2. The molecule has 0 radical (unpaired) electrons. The first-order chi connectivity index (χ1) is 16.0. The number of carbonyl (C=O) groups is 1. The Balaban J connectivity index is 1.62. The molecule has 168 valence electrons. The number of amides is 1. The number of carbonyl (C=O) groups excluding carboxylic acids is 1. The first-order valence-electron chi connectivity index (χ1n) is 10.5. The summed E-state index contributed by atoms with van der Waals surface area (Å²) in [5, 5.41) is 5.81. The molecule has 3 aromatic carbocycles. The predicted octanol–water partition coefficient (Wildman–Crippen LogP) is 6.37. The molecule has 0 unspecified atom stereocenters. The fourth-order valence-corrected chi connectivity index (χ4v) is 4.01. The summed E-state index contributed by atoms with van der Waals surface area (Å²) in [7, 11) is 0.